The minimum Gasteiger partial charge on any atom is -0.867 e. The number of fused-ring (bicyclic) bond motifs is 3. The van der Waals surface area contributed by atoms with Crippen LogP contribution in [0.15, 0.2) is 35.4 Å². The topological polar surface area (TPSA) is 188 Å². The predicted molar refractivity (Wildman–Crippen MR) is 104 cm³/mol. The molecule has 0 bridgehead atoms. The Balaban J connectivity index is 1.65. The normalized spacial score (nSPS) is 11.4. The first-order valence-corrected chi connectivity index (χ1v) is 8.40. The molecule has 0 atom stereocenters. The van der Waals surface area contributed by atoms with E-state index in [2.05, 4.69) is 30.7 Å². The van der Waals surface area contributed by atoms with Crippen LogP contribution in [0.2, 0.25) is 0 Å². The number of rotatable bonds is 5. The molecule has 2 aromatic heterocycles. The third kappa shape index (κ3) is 3.19. The minimum atomic E-state index is -1.00. The van der Waals surface area contributed by atoms with Crippen LogP contribution in [0, 0.1) is 27.2 Å². The van der Waals surface area contributed by atoms with Gasteiger partial charge in [-0.25, -0.2) is 5.43 Å². The number of nitro groups is 2. The highest BCUT2D eigenvalue weighted by molar-refractivity contribution is 6.04. The molecule has 2 aromatic carbocycles. The number of aromatic amines is 1. The zero-order chi connectivity index (χ0) is 21.4. The van der Waals surface area contributed by atoms with Crippen LogP contribution in [-0.2, 0) is 0 Å². The summed E-state index contributed by atoms with van der Waals surface area (Å²) in [5, 5.41) is 46.6. The van der Waals surface area contributed by atoms with Gasteiger partial charge in [0.15, 0.2) is 5.65 Å². The van der Waals surface area contributed by atoms with Gasteiger partial charge in [-0.15, -0.1) is 10.2 Å². The van der Waals surface area contributed by atoms with E-state index in [0.29, 0.717) is 17.2 Å². The van der Waals surface area contributed by atoms with Crippen LogP contribution in [0.3, 0.4) is 0 Å². The lowest BCUT2D eigenvalue weighted by Gasteiger charge is -2.09. The van der Waals surface area contributed by atoms with E-state index < -0.39 is 27.0 Å². The summed E-state index contributed by atoms with van der Waals surface area (Å²) in [5.74, 6) is -1.01. The van der Waals surface area contributed by atoms with Gasteiger partial charge in [0.25, 0.3) is 17.3 Å². The van der Waals surface area contributed by atoms with Crippen molar-refractivity contribution in [3.63, 3.8) is 0 Å². The zero-order valence-electron chi connectivity index (χ0n) is 15.2. The Morgan fingerprint density at radius 2 is 1.97 bits per heavy atom. The predicted octanol–water partition coefficient (Wildman–Crippen LogP) is 2.15. The fourth-order valence-corrected chi connectivity index (χ4v) is 2.91. The molecule has 13 nitrogen and oxygen atoms in total. The van der Waals surface area contributed by atoms with Crippen molar-refractivity contribution in [2.45, 2.75) is 6.92 Å². The number of nitrogens with one attached hydrogen (secondary N) is 2. The largest absolute Gasteiger partial charge is 0.867 e. The van der Waals surface area contributed by atoms with Crippen LogP contribution in [0.1, 0.15) is 11.1 Å². The Bertz CT molecular complexity index is 1360. The van der Waals surface area contributed by atoms with Crippen molar-refractivity contribution >= 4 is 45.6 Å². The van der Waals surface area contributed by atoms with E-state index in [1.165, 1.54) is 0 Å². The summed E-state index contributed by atoms with van der Waals surface area (Å²) in [7, 11) is 0. The van der Waals surface area contributed by atoms with Crippen molar-refractivity contribution < 1.29 is 15.0 Å². The Morgan fingerprint density at radius 3 is 2.70 bits per heavy atom. The second-order valence-electron chi connectivity index (χ2n) is 6.22. The van der Waals surface area contributed by atoms with Crippen LogP contribution < -0.4 is 10.5 Å². The van der Waals surface area contributed by atoms with E-state index in [9.17, 15) is 25.3 Å². The van der Waals surface area contributed by atoms with E-state index in [4.69, 9.17) is 0 Å². The lowest BCUT2D eigenvalue weighted by molar-refractivity contribution is -0.403. The van der Waals surface area contributed by atoms with Crippen molar-refractivity contribution in [3.8, 4) is 5.75 Å². The fourth-order valence-electron chi connectivity index (χ4n) is 2.91. The van der Waals surface area contributed by atoms with Crippen LogP contribution >= 0.6 is 0 Å². The molecular formula is C17H11N8O5-. The van der Waals surface area contributed by atoms with Crippen LogP contribution in [-0.4, -0.2) is 36.2 Å². The van der Waals surface area contributed by atoms with Gasteiger partial charge >= 0.3 is 0 Å². The van der Waals surface area contributed by atoms with E-state index in [0.717, 1.165) is 28.7 Å². The maximum absolute atomic E-state index is 12.1. The zero-order valence-corrected chi connectivity index (χ0v) is 15.2. The summed E-state index contributed by atoms with van der Waals surface area (Å²) in [4.78, 5) is 27.5. The molecule has 0 unspecified atom stereocenters. The number of hydrazone groups is 1. The van der Waals surface area contributed by atoms with Gasteiger partial charge in [-0.1, -0.05) is 18.2 Å². The molecule has 0 aliphatic heterocycles. The molecule has 2 N–H and O–H groups in total. The average molecular weight is 407 g/mol. The maximum atomic E-state index is 12.1. The standard InChI is InChI=1S/C17H12N8O5/c1-8-3-2-4-11-13(8)19-16-14(11)21-23-17(20-16)22-18-7-9-5-10(24(27)28)6-12(15(9)26)25(29)30/h2-7,26H,1H3,(H2,19,20,22,23)/p-1. The highest BCUT2D eigenvalue weighted by Crippen LogP contribution is 2.31. The molecule has 0 amide bonds. The number of H-pyrrole nitrogens is 1. The lowest BCUT2D eigenvalue weighted by atomic mass is 10.1. The molecular weight excluding hydrogens is 396 g/mol. The number of benzene rings is 2. The summed E-state index contributed by atoms with van der Waals surface area (Å²) in [5.41, 5.74) is 3.51. The summed E-state index contributed by atoms with van der Waals surface area (Å²) in [6, 6.07) is 7.21. The molecule has 30 heavy (non-hydrogen) atoms. The monoisotopic (exact) mass is 407 g/mol. The van der Waals surface area contributed by atoms with Crippen molar-refractivity contribution in [1.82, 2.24) is 20.2 Å². The second kappa shape index (κ2) is 7.05. The summed E-state index contributed by atoms with van der Waals surface area (Å²) >= 11 is 0. The van der Waals surface area contributed by atoms with Gasteiger partial charge in [0, 0.05) is 17.0 Å². The van der Waals surface area contributed by atoms with Crippen molar-refractivity contribution in [2.24, 2.45) is 5.10 Å². The number of hydrogen-bond donors (Lipinski definition) is 2. The summed E-state index contributed by atoms with van der Waals surface area (Å²) in [6.07, 6.45) is 0.922. The number of nitrogens with zero attached hydrogens (tertiary/aromatic N) is 6. The Hall–Kier alpha value is -4.68. The molecule has 0 saturated carbocycles. The molecule has 13 heteroatoms. The van der Waals surface area contributed by atoms with Gasteiger partial charge in [-0.05, 0) is 18.2 Å². The van der Waals surface area contributed by atoms with Gasteiger partial charge in [0.05, 0.1) is 27.6 Å². The Labute approximate surface area is 166 Å². The maximum Gasteiger partial charge on any atom is 0.276 e. The Kier molecular flexibility index (Phi) is 4.39. The second-order valence-corrected chi connectivity index (χ2v) is 6.22. The van der Waals surface area contributed by atoms with E-state index in [1.807, 2.05) is 25.1 Å². The first kappa shape index (κ1) is 18.7. The van der Waals surface area contributed by atoms with Crippen LogP contribution in [0.5, 0.6) is 5.75 Å². The van der Waals surface area contributed by atoms with E-state index in [1.54, 1.807) is 0 Å². The number of anilines is 1. The molecule has 0 fully saturated rings. The van der Waals surface area contributed by atoms with Gasteiger partial charge < -0.3 is 10.1 Å². The third-order valence-electron chi connectivity index (χ3n) is 4.32. The first-order valence-electron chi connectivity index (χ1n) is 8.40. The number of aromatic nitrogens is 4. The lowest BCUT2D eigenvalue weighted by Crippen LogP contribution is -2.05. The SMILES string of the molecule is Cc1cccc2c1[nH]c1nc(NN=Cc3cc([N+](=O)[O-])cc([N+](=O)[O-])c3[O-])nnc12. The number of non-ortho nitro benzene ring substituents is 1. The molecule has 2 heterocycles. The van der Waals surface area contributed by atoms with Gasteiger partial charge in [-0.3, -0.25) is 20.2 Å². The quantitative estimate of drug-likeness (QED) is 0.283. The molecule has 0 spiro atoms. The van der Waals surface area contributed by atoms with E-state index >= 15 is 0 Å². The highest BCUT2D eigenvalue weighted by Gasteiger charge is 2.18. The average Bonchev–Trinajstić information content (AvgIpc) is 3.08. The fraction of sp³-hybridized carbons (Fsp3) is 0.0588. The summed E-state index contributed by atoms with van der Waals surface area (Å²) < 4.78 is 0. The number of para-hydroxylation sites is 1. The Morgan fingerprint density at radius 1 is 1.17 bits per heavy atom. The minimum absolute atomic E-state index is 0.00432. The van der Waals surface area contributed by atoms with Crippen molar-refractivity contribution in [2.75, 3.05) is 5.43 Å². The van der Waals surface area contributed by atoms with Crippen molar-refractivity contribution in [3.05, 3.63) is 61.7 Å². The third-order valence-corrected chi connectivity index (χ3v) is 4.32. The molecule has 0 radical (unpaired) electrons. The first-order chi connectivity index (χ1) is 14.3. The highest BCUT2D eigenvalue weighted by atomic mass is 16.6. The molecule has 0 aliphatic rings. The molecule has 0 aliphatic carbocycles. The van der Waals surface area contributed by atoms with Crippen LogP contribution in [0.4, 0.5) is 17.3 Å². The summed E-state index contributed by atoms with van der Waals surface area (Å²) in [6.45, 7) is 1.94. The van der Waals surface area contributed by atoms with E-state index in [-0.39, 0.29) is 11.5 Å². The smallest absolute Gasteiger partial charge is 0.276 e. The van der Waals surface area contributed by atoms with Gasteiger partial charge in [-0.2, -0.15) is 10.1 Å². The molecule has 4 rings (SSSR count). The number of hydrogen-bond acceptors (Lipinski definition) is 10. The molecule has 150 valence electrons. The van der Waals surface area contributed by atoms with Gasteiger partial charge in [0.2, 0.25) is 0 Å². The number of aryl methyl sites for hydroxylation is 1. The molecule has 4 aromatic rings. The van der Waals surface area contributed by atoms with Gasteiger partial charge in [0.1, 0.15) is 5.52 Å². The van der Waals surface area contributed by atoms with Crippen molar-refractivity contribution in [1.29, 1.82) is 0 Å². The molecule has 0 saturated heterocycles. The van der Waals surface area contributed by atoms with Crippen LogP contribution in [0.25, 0.3) is 22.1 Å². The number of nitro benzene ring substituents is 2.